The molecule has 0 spiro atoms. The van der Waals surface area contributed by atoms with Crippen LogP contribution in [-0.4, -0.2) is 29.3 Å². The van der Waals surface area contributed by atoms with Crippen LogP contribution in [0, 0.1) is 0 Å². The molecular weight excluding hydrogens is 226 g/mol. The fourth-order valence-corrected chi connectivity index (χ4v) is 2.16. The van der Waals surface area contributed by atoms with Gasteiger partial charge in [0.1, 0.15) is 5.65 Å². The van der Waals surface area contributed by atoms with E-state index in [0.29, 0.717) is 6.54 Å². The zero-order chi connectivity index (χ0) is 12.5. The van der Waals surface area contributed by atoms with Gasteiger partial charge in [0.2, 0.25) is 0 Å². The van der Waals surface area contributed by atoms with E-state index in [1.165, 1.54) is 0 Å². The number of nitrogens with one attached hydrogen (secondary N) is 2. The number of hydrogen-bond acceptors (Lipinski definition) is 3. The molecule has 2 N–H and O–H groups in total. The second-order valence-corrected chi connectivity index (χ2v) is 4.24. The van der Waals surface area contributed by atoms with Gasteiger partial charge in [-0.25, -0.2) is 4.98 Å². The fraction of sp³-hybridized carbons (Fsp3) is 0.143. The van der Waals surface area contributed by atoms with Crippen molar-refractivity contribution in [3.63, 3.8) is 0 Å². The first-order valence-electron chi connectivity index (χ1n) is 5.84. The number of benzene rings is 1. The minimum Gasteiger partial charge on any atom is -0.339 e. The van der Waals surface area contributed by atoms with Crippen molar-refractivity contribution in [2.24, 2.45) is 0 Å². The lowest BCUT2D eigenvalue weighted by molar-refractivity contribution is 0.0994. The highest BCUT2D eigenvalue weighted by atomic mass is 16.1. The normalized spacial score (nSPS) is 11.2. The molecule has 0 amide bonds. The molecule has 0 aliphatic carbocycles. The Bertz CT molecular complexity index is 730. The fourth-order valence-electron chi connectivity index (χ4n) is 2.16. The number of Topliss-reactive ketones (excluding diaryl/α,β-unsaturated/α-hetero) is 1. The third kappa shape index (κ3) is 1.67. The zero-order valence-corrected chi connectivity index (χ0v) is 10.0. The molecule has 0 atom stereocenters. The van der Waals surface area contributed by atoms with Crippen LogP contribution in [0.4, 0.5) is 0 Å². The molecule has 0 saturated carbocycles. The molecule has 0 radical (unpaired) electrons. The van der Waals surface area contributed by atoms with Gasteiger partial charge in [-0.1, -0.05) is 0 Å². The maximum atomic E-state index is 11.9. The van der Waals surface area contributed by atoms with Crippen molar-refractivity contribution < 1.29 is 4.79 Å². The molecule has 0 bridgehead atoms. The molecule has 2 aromatic heterocycles. The summed E-state index contributed by atoms with van der Waals surface area (Å²) in [5.41, 5.74) is 2.58. The van der Waals surface area contributed by atoms with E-state index in [9.17, 15) is 4.79 Å². The molecule has 1 aromatic carbocycles. The van der Waals surface area contributed by atoms with E-state index in [-0.39, 0.29) is 5.78 Å². The predicted molar refractivity (Wildman–Crippen MR) is 71.9 cm³/mol. The standard InChI is InChI=1S/C14H13N3O/c1-15-8-13(18)9-4-5-12-11(7-9)10-3-2-6-16-14(10)17-12/h2-7,15H,8H2,1H3,(H,16,17). The monoisotopic (exact) mass is 239 g/mol. The molecule has 0 aliphatic rings. The number of nitrogens with zero attached hydrogens (tertiary/aromatic N) is 1. The van der Waals surface area contributed by atoms with Crippen molar-refractivity contribution in [2.45, 2.75) is 0 Å². The summed E-state index contributed by atoms with van der Waals surface area (Å²) in [4.78, 5) is 19.4. The number of likely N-dealkylation sites (N-methyl/N-ethyl adjacent to an activating group) is 1. The Kier molecular flexibility index (Phi) is 2.57. The Morgan fingerprint density at radius 2 is 2.22 bits per heavy atom. The van der Waals surface area contributed by atoms with Crippen molar-refractivity contribution in [2.75, 3.05) is 13.6 Å². The number of aromatic nitrogens is 2. The van der Waals surface area contributed by atoms with Crippen LogP contribution >= 0.6 is 0 Å². The van der Waals surface area contributed by atoms with E-state index in [1.54, 1.807) is 13.2 Å². The molecule has 18 heavy (non-hydrogen) atoms. The average Bonchev–Trinajstić information content (AvgIpc) is 2.76. The van der Waals surface area contributed by atoms with Crippen LogP contribution in [-0.2, 0) is 0 Å². The Morgan fingerprint density at radius 1 is 1.33 bits per heavy atom. The lowest BCUT2D eigenvalue weighted by atomic mass is 10.1. The number of aromatic amines is 1. The average molecular weight is 239 g/mol. The van der Waals surface area contributed by atoms with Crippen molar-refractivity contribution in [1.82, 2.24) is 15.3 Å². The van der Waals surface area contributed by atoms with Crippen molar-refractivity contribution >= 4 is 27.7 Å². The third-order valence-corrected chi connectivity index (χ3v) is 3.03. The van der Waals surface area contributed by atoms with E-state index in [4.69, 9.17) is 0 Å². The van der Waals surface area contributed by atoms with Crippen LogP contribution in [0.15, 0.2) is 36.5 Å². The number of carbonyl (C=O) groups is 1. The van der Waals surface area contributed by atoms with Gasteiger partial charge in [-0.05, 0) is 37.4 Å². The molecule has 2 heterocycles. The molecular formula is C14H13N3O. The van der Waals surface area contributed by atoms with Crippen molar-refractivity contribution in [1.29, 1.82) is 0 Å². The minimum atomic E-state index is 0.0950. The van der Waals surface area contributed by atoms with Gasteiger partial charge in [-0.2, -0.15) is 0 Å². The highest BCUT2D eigenvalue weighted by Crippen LogP contribution is 2.24. The van der Waals surface area contributed by atoms with Gasteiger partial charge < -0.3 is 10.3 Å². The first kappa shape index (κ1) is 10.9. The van der Waals surface area contributed by atoms with Gasteiger partial charge in [0.25, 0.3) is 0 Å². The predicted octanol–water partition coefficient (Wildman–Crippen LogP) is 2.12. The highest BCUT2D eigenvalue weighted by Gasteiger charge is 2.09. The van der Waals surface area contributed by atoms with Gasteiger partial charge >= 0.3 is 0 Å². The summed E-state index contributed by atoms with van der Waals surface area (Å²) in [6.07, 6.45) is 1.75. The lowest BCUT2D eigenvalue weighted by Crippen LogP contribution is -2.18. The SMILES string of the molecule is CNCC(=O)c1ccc2[nH]c3ncccc3c2c1. The number of H-pyrrole nitrogens is 1. The van der Waals surface area contributed by atoms with Gasteiger partial charge in [-0.3, -0.25) is 4.79 Å². The number of rotatable bonds is 3. The number of pyridine rings is 1. The maximum absolute atomic E-state index is 11.9. The van der Waals surface area contributed by atoms with Crippen molar-refractivity contribution in [3.8, 4) is 0 Å². The second-order valence-electron chi connectivity index (χ2n) is 4.24. The summed E-state index contributed by atoms with van der Waals surface area (Å²) in [7, 11) is 1.77. The molecule has 90 valence electrons. The highest BCUT2D eigenvalue weighted by molar-refractivity contribution is 6.09. The molecule has 3 rings (SSSR count). The maximum Gasteiger partial charge on any atom is 0.176 e. The Labute approximate surface area is 104 Å². The van der Waals surface area contributed by atoms with E-state index in [1.807, 2.05) is 30.3 Å². The number of ketones is 1. The Balaban J connectivity index is 2.21. The largest absolute Gasteiger partial charge is 0.339 e. The molecule has 3 aromatic rings. The van der Waals surface area contributed by atoms with Crippen LogP contribution in [0.5, 0.6) is 0 Å². The summed E-state index contributed by atoms with van der Waals surface area (Å²) >= 11 is 0. The van der Waals surface area contributed by atoms with Gasteiger partial charge in [-0.15, -0.1) is 0 Å². The van der Waals surface area contributed by atoms with E-state index >= 15 is 0 Å². The van der Waals surface area contributed by atoms with Crippen LogP contribution in [0.3, 0.4) is 0 Å². The molecule has 4 heteroatoms. The second kappa shape index (κ2) is 4.23. The van der Waals surface area contributed by atoms with Gasteiger partial charge in [0, 0.05) is 28.0 Å². The summed E-state index contributed by atoms with van der Waals surface area (Å²) in [5, 5.41) is 4.96. The van der Waals surface area contributed by atoms with Crippen LogP contribution in [0.25, 0.3) is 21.9 Å². The Morgan fingerprint density at radius 3 is 3.06 bits per heavy atom. The Hall–Kier alpha value is -2.20. The molecule has 0 aliphatic heterocycles. The first-order chi connectivity index (χ1) is 8.79. The molecule has 0 fully saturated rings. The summed E-state index contributed by atoms with van der Waals surface area (Å²) < 4.78 is 0. The summed E-state index contributed by atoms with van der Waals surface area (Å²) in [5.74, 6) is 0.0950. The van der Waals surface area contributed by atoms with Crippen LogP contribution in [0.1, 0.15) is 10.4 Å². The van der Waals surface area contributed by atoms with E-state index < -0.39 is 0 Å². The topological polar surface area (TPSA) is 57.8 Å². The third-order valence-electron chi connectivity index (χ3n) is 3.03. The van der Waals surface area contributed by atoms with Crippen molar-refractivity contribution in [3.05, 3.63) is 42.1 Å². The number of fused-ring (bicyclic) bond motifs is 3. The van der Waals surface area contributed by atoms with Crippen LogP contribution < -0.4 is 5.32 Å². The van der Waals surface area contributed by atoms with E-state index in [2.05, 4.69) is 15.3 Å². The number of carbonyl (C=O) groups excluding carboxylic acids is 1. The van der Waals surface area contributed by atoms with Gasteiger partial charge in [0.05, 0.1) is 6.54 Å². The number of hydrogen-bond donors (Lipinski definition) is 2. The smallest absolute Gasteiger partial charge is 0.176 e. The first-order valence-corrected chi connectivity index (χ1v) is 5.84. The zero-order valence-electron chi connectivity index (χ0n) is 10.0. The molecule has 0 unspecified atom stereocenters. The van der Waals surface area contributed by atoms with Gasteiger partial charge in [0.15, 0.2) is 5.78 Å². The van der Waals surface area contributed by atoms with Crippen LogP contribution in [0.2, 0.25) is 0 Å². The quantitative estimate of drug-likeness (QED) is 0.688. The lowest BCUT2D eigenvalue weighted by Gasteiger charge is -2.00. The minimum absolute atomic E-state index is 0.0950. The summed E-state index contributed by atoms with van der Waals surface area (Å²) in [6.45, 7) is 0.353. The molecule has 4 nitrogen and oxygen atoms in total. The molecule has 0 saturated heterocycles. The summed E-state index contributed by atoms with van der Waals surface area (Å²) in [6, 6.07) is 9.61. The van der Waals surface area contributed by atoms with E-state index in [0.717, 1.165) is 27.5 Å².